The van der Waals surface area contributed by atoms with Crippen LogP contribution in [0.1, 0.15) is 36.7 Å². The number of benzene rings is 3. The van der Waals surface area contributed by atoms with Gasteiger partial charge in [0.2, 0.25) is 11.8 Å². The van der Waals surface area contributed by atoms with Crippen LogP contribution >= 0.6 is 0 Å². The first-order valence-electron chi connectivity index (χ1n) is 12.7. The average molecular weight is 530 g/mol. The standard InChI is InChI=1S/C30H35N5O4/c1-20(2)31-28(37)25-16-9-10-17-26(25)35(19-27(36)34(5)24-14-7-6-8-15-24)29(38)22(4)32-30(39)33-23-13-11-12-21(3)18-23/h6-18,20,22H,19H2,1-5H3,(H,31,37)(H2,32,33,39). The molecule has 1 unspecified atom stereocenters. The predicted molar refractivity (Wildman–Crippen MR) is 154 cm³/mol. The van der Waals surface area contributed by atoms with E-state index in [2.05, 4.69) is 16.0 Å². The monoisotopic (exact) mass is 529 g/mol. The number of carbonyl (C=O) groups excluding carboxylic acids is 4. The Balaban J connectivity index is 1.89. The maximum atomic E-state index is 13.8. The van der Waals surface area contributed by atoms with Crippen molar-refractivity contribution in [3.8, 4) is 0 Å². The summed E-state index contributed by atoms with van der Waals surface area (Å²) in [5.41, 5.74) is 2.72. The number of likely N-dealkylation sites (N-methyl/N-ethyl adjacent to an activating group) is 1. The Morgan fingerprint density at radius 2 is 1.49 bits per heavy atom. The Morgan fingerprint density at radius 3 is 2.15 bits per heavy atom. The molecule has 3 N–H and O–H groups in total. The smallest absolute Gasteiger partial charge is 0.319 e. The van der Waals surface area contributed by atoms with E-state index in [1.807, 2.05) is 51.1 Å². The van der Waals surface area contributed by atoms with Crippen molar-refractivity contribution in [2.24, 2.45) is 0 Å². The summed E-state index contributed by atoms with van der Waals surface area (Å²) in [6.45, 7) is 6.76. The van der Waals surface area contributed by atoms with E-state index in [0.717, 1.165) is 5.56 Å². The van der Waals surface area contributed by atoms with Crippen molar-refractivity contribution in [2.45, 2.75) is 39.8 Å². The van der Waals surface area contributed by atoms with Crippen LogP contribution in [0.4, 0.5) is 21.9 Å². The number of rotatable bonds is 9. The molecular formula is C30H35N5O4. The van der Waals surface area contributed by atoms with Crippen LogP contribution in [0.5, 0.6) is 0 Å². The fourth-order valence-electron chi connectivity index (χ4n) is 3.94. The third-order valence-corrected chi connectivity index (χ3v) is 5.93. The van der Waals surface area contributed by atoms with Crippen LogP contribution in [0.25, 0.3) is 0 Å². The largest absolute Gasteiger partial charge is 0.350 e. The molecule has 1 atom stereocenters. The van der Waals surface area contributed by atoms with Crippen LogP contribution < -0.4 is 25.8 Å². The number of nitrogens with zero attached hydrogens (tertiary/aromatic N) is 2. The number of para-hydroxylation sites is 2. The SMILES string of the molecule is Cc1cccc(NC(=O)NC(C)C(=O)N(CC(=O)N(C)c2ccccc2)c2ccccc2C(=O)NC(C)C)c1. The molecule has 0 spiro atoms. The van der Waals surface area contributed by atoms with Crippen LogP contribution in [0.3, 0.4) is 0 Å². The second-order valence-electron chi connectivity index (χ2n) is 9.55. The van der Waals surface area contributed by atoms with E-state index >= 15 is 0 Å². The highest BCUT2D eigenvalue weighted by Crippen LogP contribution is 2.23. The summed E-state index contributed by atoms with van der Waals surface area (Å²) >= 11 is 0. The second kappa shape index (κ2) is 13.2. The molecule has 0 aliphatic rings. The summed E-state index contributed by atoms with van der Waals surface area (Å²) in [6, 6.07) is 21.2. The van der Waals surface area contributed by atoms with Crippen LogP contribution in [-0.2, 0) is 9.59 Å². The van der Waals surface area contributed by atoms with Crippen molar-refractivity contribution in [2.75, 3.05) is 28.7 Å². The van der Waals surface area contributed by atoms with Gasteiger partial charge in [0.25, 0.3) is 5.91 Å². The lowest BCUT2D eigenvalue weighted by Crippen LogP contribution is -2.51. The topological polar surface area (TPSA) is 111 Å². The van der Waals surface area contributed by atoms with Crippen molar-refractivity contribution in [1.29, 1.82) is 0 Å². The molecule has 0 fully saturated rings. The molecular weight excluding hydrogens is 494 g/mol. The minimum absolute atomic E-state index is 0.133. The van der Waals surface area contributed by atoms with E-state index in [9.17, 15) is 19.2 Å². The first kappa shape index (κ1) is 28.9. The summed E-state index contributed by atoms with van der Waals surface area (Å²) in [7, 11) is 1.62. The molecule has 9 heteroatoms. The highest BCUT2D eigenvalue weighted by molar-refractivity contribution is 6.10. The van der Waals surface area contributed by atoms with Gasteiger partial charge in [0.1, 0.15) is 12.6 Å². The number of nitrogens with one attached hydrogen (secondary N) is 3. The van der Waals surface area contributed by atoms with Gasteiger partial charge < -0.3 is 25.8 Å². The van der Waals surface area contributed by atoms with E-state index in [-0.39, 0.29) is 35.7 Å². The zero-order valence-corrected chi connectivity index (χ0v) is 22.9. The third-order valence-electron chi connectivity index (χ3n) is 5.93. The first-order chi connectivity index (χ1) is 18.6. The molecule has 0 aliphatic heterocycles. The van der Waals surface area contributed by atoms with E-state index in [0.29, 0.717) is 11.4 Å². The van der Waals surface area contributed by atoms with E-state index in [1.54, 1.807) is 55.6 Å². The summed E-state index contributed by atoms with van der Waals surface area (Å²) < 4.78 is 0. The molecule has 0 heterocycles. The molecule has 0 saturated heterocycles. The predicted octanol–water partition coefficient (Wildman–Crippen LogP) is 4.34. The van der Waals surface area contributed by atoms with Crippen molar-refractivity contribution in [3.05, 3.63) is 90.0 Å². The van der Waals surface area contributed by atoms with Crippen molar-refractivity contribution in [3.63, 3.8) is 0 Å². The lowest BCUT2D eigenvalue weighted by molar-refractivity contribution is -0.123. The number of urea groups is 1. The molecule has 39 heavy (non-hydrogen) atoms. The van der Waals surface area contributed by atoms with E-state index < -0.39 is 18.0 Å². The van der Waals surface area contributed by atoms with E-state index in [4.69, 9.17) is 0 Å². The van der Waals surface area contributed by atoms with Gasteiger partial charge in [0, 0.05) is 24.5 Å². The van der Waals surface area contributed by atoms with Gasteiger partial charge in [-0.2, -0.15) is 0 Å². The maximum absolute atomic E-state index is 13.8. The van der Waals surface area contributed by atoms with Gasteiger partial charge in [-0.3, -0.25) is 14.4 Å². The summed E-state index contributed by atoms with van der Waals surface area (Å²) in [5, 5.41) is 8.20. The number of hydrogen-bond donors (Lipinski definition) is 3. The lowest BCUT2D eigenvalue weighted by atomic mass is 10.1. The van der Waals surface area contributed by atoms with Gasteiger partial charge >= 0.3 is 6.03 Å². The van der Waals surface area contributed by atoms with Gasteiger partial charge in [-0.05, 0) is 69.7 Å². The van der Waals surface area contributed by atoms with Crippen LogP contribution in [0.15, 0.2) is 78.9 Å². The molecule has 204 valence electrons. The van der Waals surface area contributed by atoms with Crippen LogP contribution in [0.2, 0.25) is 0 Å². The number of anilines is 3. The fraction of sp³-hybridized carbons (Fsp3) is 0.267. The lowest BCUT2D eigenvalue weighted by Gasteiger charge is -2.29. The second-order valence-corrected chi connectivity index (χ2v) is 9.55. The number of amides is 5. The molecule has 3 rings (SSSR count). The highest BCUT2D eigenvalue weighted by Gasteiger charge is 2.29. The summed E-state index contributed by atoms with van der Waals surface area (Å²) in [4.78, 5) is 55.5. The molecule has 0 aliphatic carbocycles. The molecule has 0 saturated carbocycles. The van der Waals surface area contributed by atoms with Crippen molar-refractivity contribution < 1.29 is 19.2 Å². The Kier molecular flexibility index (Phi) is 9.80. The summed E-state index contributed by atoms with van der Waals surface area (Å²) in [5.74, 6) is -1.29. The summed E-state index contributed by atoms with van der Waals surface area (Å²) in [6.07, 6.45) is 0. The molecule has 9 nitrogen and oxygen atoms in total. The van der Waals surface area contributed by atoms with Gasteiger partial charge in [0.15, 0.2) is 0 Å². The zero-order chi connectivity index (χ0) is 28.5. The normalized spacial score (nSPS) is 11.3. The zero-order valence-electron chi connectivity index (χ0n) is 22.9. The van der Waals surface area contributed by atoms with Gasteiger partial charge in [-0.25, -0.2) is 4.79 Å². The molecule has 0 aromatic heterocycles. The van der Waals surface area contributed by atoms with Gasteiger partial charge in [-0.15, -0.1) is 0 Å². The first-order valence-corrected chi connectivity index (χ1v) is 12.7. The number of aryl methyl sites for hydroxylation is 1. The number of carbonyl (C=O) groups is 4. The Morgan fingerprint density at radius 1 is 0.821 bits per heavy atom. The number of hydrogen-bond acceptors (Lipinski definition) is 4. The Bertz CT molecular complexity index is 1330. The van der Waals surface area contributed by atoms with Crippen molar-refractivity contribution in [1.82, 2.24) is 10.6 Å². The molecule has 5 amide bonds. The molecule has 3 aromatic carbocycles. The minimum atomic E-state index is -1.01. The van der Waals surface area contributed by atoms with Gasteiger partial charge in [-0.1, -0.05) is 42.5 Å². The fourth-order valence-corrected chi connectivity index (χ4v) is 3.94. The molecule has 0 bridgehead atoms. The molecule has 0 radical (unpaired) electrons. The van der Waals surface area contributed by atoms with Crippen molar-refractivity contribution >= 4 is 40.8 Å². The molecule has 3 aromatic rings. The van der Waals surface area contributed by atoms with E-state index in [1.165, 1.54) is 16.7 Å². The highest BCUT2D eigenvalue weighted by atomic mass is 16.2. The Hall–Kier alpha value is -4.66. The quantitative estimate of drug-likeness (QED) is 0.383. The Labute approximate surface area is 229 Å². The third kappa shape index (κ3) is 7.91. The maximum Gasteiger partial charge on any atom is 0.319 e. The van der Waals surface area contributed by atoms with Crippen LogP contribution in [0, 0.1) is 6.92 Å². The van der Waals surface area contributed by atoms with Crippen LogP contribution in [-0.4, -0.2) is 49.4 Å². The van der Waals surface area contributed by atoms with Gasteiger partial charge in [0.05, 0.1) is 11.3 Å². The average Bonchev–Trinajstić information content (AvgIpc) is 2.90. The minimum Gasteiger partial charge on any atom is -0.350 e.